The summed E-state index contributed by atoms with van der Waals surface area (Å²) in [5.74, 6) is 3.63. The van der Waals surface area contributed by atoms with Crippen molar-refractivity contribution in [2.45, 2.75) is 19.8 Å². The number of hydrogen-bond acceptors (Lipinski definition) is 4. The third-order valence-electron chi connectivity index (χ3n) is 2.83. The molecule has 1 aliphatic heterocycles. The van der Waals surface area contributed by atoms with Crippen LogP contribution >= 0.6 is 23.1 Å². The van der Waals surface area contributed by atoms with Crippen LogP contribution in [0.5, 0.6) is 0 Å². The highest BCUT2D eigenvalue weighted by Gasteiger charge is 2.14. The van der Waals surface area contributed by atoms with E-state index in [4.69, 9.17) is 0 Å². The minimum Gasteiger partial charge on any atom is -0.316 e. The highest BCUT2D eigenvalue weighted by atomic mass is 32.2. The first-order valence-electron chi connectivity index (χ1n) is 5.53. The van der Waals surface area contributed by atoms with Gasteiger partial charge in [-0.25, -0.2) is 4.98 Å². The van der Waals surface area contributed by atoms with E-state index in [1.54, 1.807) is 11.3 Å². The second-order valence-electron chi connectivity index (χ2n) is 4.04. The molecule has 0 saturated carbocycles. The number of nitrogens with zero attached hydrogens (tertiary/aromatic N) is 1. The second-order valence-corrected chi connectivity index (χ2v) is 6.13. The Bertz CT molecular complexity index is 293. The molecule has 2 nitrogen and oxygen atoms in total. The van der Waals surface area contributed by atoms with Gasteiger partial charge in [0, 0.05) is 11.4 Å². The van der Waals surface area contributed by atoms with E-state index in [9.17, 15) is 0 Å². The van der Waals surface area contributed by atoms with Crippen LogP contribution in [0.1, 0.15) is 17.0 Å². The Balaban J connectivity index is 1.60. The van der Waals surface area contributed by atoms with Gasteiger partial charge in [-0.2, -0.15) is 11.8 Å². The fraction of sp³-hybridized carbons (Fsp3) is 0.727. The predicted octanol–water partition coefficient (Wildman–Crippen LogP) is 2.34. The molecule has 0 bridgehead atoms. The lowest BCUT2D eigenvalue weighted by Gasteiger charge is -2.09. The normalized spacial score (nSPS) is 21.0. The average Bonchev–Trinajstić information content (AvgIpc) is 2.85. The number of aryl methyl sites for hydroxylation is 1. The molecule has 0 aliphatic carbocycles. The molecule has 84 valence electrons. The summed E-state index contributed by atoms with van der Waals surface area (Å²) in [7, 11) is 0. The van der Waals surface area contributed by atoms with Crippen LogP contribution in [-0.2, 0) is 6.42 Å². The zero-order valence-corrected chi connectivity index (χ0v) is 10.8. The molecule has 2 rings (SSSR count). The number of thioether (sulfide) groups is 1. The lowest BCUT2D eigenvalue weighted by Crippen LogP contribution is -2.24. The fourth-order valence-corrected chi connectivity index (χ4v) is 3.88. The lowest BCUT2D eigenvalue weighted by atomic mass is 10.1. The van der Waals surface area contributed by atoms with Crippen molar-refractivity contribution < 1.29 is 0 Å². The largest absolute Gasteiger partial charge is 0.316 e. The van der Waals surface area contributed by atoms with E-state index in [0.29, 0.717) is 0 Å². The maximum Gasteiger partial charge on any atom is 0.0797 e. The minimum atomic E-state index is 0.914. The van der Waals surface area contributed by atoms with Crippen molar-refractivity contribution in [2.75, 3.05) is 24.6 Å². The molecule has 1 saturated heterocycles. The molecule has 2 heterocycles. The van der Waals surface area contributed by atoms with Gasteiger partial charge in [0.05, 0.1) is 11.2 Å². The quantitative estimate of drug-likeness (QED) is 0.802. The Kier molecular flexibility index (Phi) is 4.47. The van der Waals surface area contributed by atoms with Crippen molar-refractivity contribution in [1.82, 2.24) is 10.3 Å². The maximum absolute atomic E-state index is 4.26. The number of nitrogens with one attached hydrogen (secondary N) is 1. The van der Waals surface area contributed by atoms with E-state index in [-0.39, 0.29) is 0 Å². The summed E-state index contributed by atoms with van der Waals surface area (Å²) in [6.45, 7) is 4.40. The topological polar surface area (TPSA) is 24.9 Å². The first kappa shape index (κ1) is 11.4. The van der Waals surface area contributed by atoms with Gasteiger partial charge in [0.15, 0.2) is 0 Å². The van der Waals surface area contributed by atoms with Gasteiger partial charge >= 0.3 is 0 Å². The van der Waals surface area contributed by atoms with Crippen molar-refractivity contribution in [3.63, 3.8) is 0 Å². The molecule has 0 spiro atoms. The fourth-order valence-electron chi connectivity index (χ4n) is 1.82. The van der Waals surface area contributed by atoms with E-state index in [2.05, 4.69) is 29.0 Å². The van der Waals surface area contributed by atoms with Gasteiger partial charge in [0.2, 0.25) is 0 Å². The van der Waals surface area contributed by atoms with Gasteiger partial charge in [0.25, 0.3) is 0 Å². The Morgan fingerprint density at radius 3 is 3.20 bits per heavy atom. The van der Waals surface area contributed by atoms with Gasteiger partial charge in [0.1, 0.15) is 0 Å². The number of hydrogen-bond donors (Lipinski definition) is 1. The molecule has 1 aromatic rings. The minimum absolute atomic E-state index is 0.914. The standard InChI is InChI=1S/C11H18N2S2/c1-9-11(15-8-13-9)2-4-12-6-10-3-5-14-7-10/h8,10,12H,2-7H2,1H3. The summed E-state index contributed by atoms with van der Waals surface area (Å²) in [4.78, 5) is 5.69. The molecule has 0 radical (unpaired) electrons. The predicted molar refractivity (Wildman–Crippen MR) is 68.9 cm³/mol. The molecule has 1 N–H and O–H groups in total. The summed E-state index contributed by atoms with van der Waals surface area (Å²) >= 11 is 3.87. The van der Waals surface area contributed by atoms with E-state index in [1.807, 2.05) is 5.51 Å². The Morgan fingerprint density at radius 2 is 2.53 bits per heavy atom. The van der Waals surface area contributed by atoms with Crippen LogP contribution in [0.3, 0.4) is 0 Å². The summed E-state index contributed by atoms with van der Waals surface area (Å²) in [5, 5.41) is 3.56. The highest BCUT2D eigenvalue weighted by molar-refractivity contribution is 7.99. The first-order chi connectivity index (χ1) is 7.36. The number of thiazole rings is 1. The van der Waals surface area contributed by atoms with Gasteiger partial charge in [-0.15, -0.1) is 11.3 Å². The molecule has 1 aliphatic rings. The Labute approximate surface area is 99.9 Å². The molecule has 1 unspecified atom stereocenters. The molecule has 1 aromatic heterocycles. The van der Waals surface area contributed by atoms with E-state index >= 15 is 0 Å². The monoisotopic (exact) mass is 242 g/mol. The van der Waals surface area contributed by atoms with Gasteiger partial charge in [-0.1, -0.05) is 0 Å². The van der Waals surface area contributed by atoms with Crippen molar-refractivity contribution >= 4 is 23.1 Å². The number of rotatable bonds is 5. The van der Waals surface area contributed by atoms with Crippen LogP contribution in [0.15, 0.2) is 5.51 Å². The smallest absolute Gasteiger partial charge is 0.0797 e. The summed E-state index contributed by atoms with van der Waals surface area (Å²) in [6, 6.07) is 0. The Morgan fingerprint density at radius 1 is 1.60 bits per heavy atom. The van der Waals surface area contributed by atoms with Crippen molar-refractivity contribution in [1.29, 1.82) is 0 Å². The third-order valence-corrected chi connectivity index (χ3v) is 5.06. The maximum atomic E-state index is 4.26. The van der Waals surface area contributed by atoms with Crippen LogP contribution in [0, 0.1) is 12.8 Å². The summed E-state index contributed by atoms with van der Waals surface area (Å²) in [6.07, 6.45) is 2.54. The average molecular weight is 242 g/mol. The van der Waals surface area contributed by atoms with Crippen LogP contribution in [-0.4, -0.2) is 29.6 Å². The third kappa shape index (κ3) is 3.47. The van der Waals surface area contributed by atoms with Gasteiger partial charge < -0.3 is 5.32 Å². The lowest BCUT2D eigenvalue weighted by molar-refractivity contribution is 0.526. The number of aromatic nitrogens is 1. The zero-order chi connectivity index (χ0) is 10.5. The van der Waals surface area contributed by atoms with Crippen LogP contribution in [0.2, 0.25) is 0 Å². The van der Waals surface area contributed by atoms with E-state index in [1.165, 1.54) is 35.0 Å². The van der Waals surface area contributed by atoms with Gasteiger partial charge in [-0.05, 0) is 43.7 Å². The van der Waals surface area contributed by atoms with Crippen LogP contribution in [0.4, 0.5) is 0 Å². The zero-order valence-electron chi connectivity index (χ0n) is 9.16. The Hall–Kier alpha value is -0.0600. The summed E-state index contributed by atoms with van der Waals surface area (Å²) in [5.41, 5.74) is 3.15. The summed E-state index contributed by atoms with van der Waals surface area (Å²) < 4.78 is 0. The molecule has 1 fully saturated rings. The SMILES string of the molecule is Cc1ncsc1CCNCC1CCSC1. The molecular weight excluding hydrogens is 224 g/mol. The molecular formula is C11H18N2S2. The molecule has 4 heteroatoms. The van der Waals surface area contributed by atoms with Crippen molar-refractivity contribution in [2.24, 2.45) is 5.92 Å². The van der Waals surface area contributed by atoms with Crippen LogP contribution in [0.25, 0.3) is 0 Å². The van der Waals surface area contributed by atoms with Crippen molar-refractivity contribution in [3.05, 3.63) is 16.1 Å². The second kappa shape index (κ2) is 5.87. The molecule has 15 heavy (non-hydrogen) atoms. The van der Waals surface area contributed by atoms with Crippen molar-refractivity contribution in [3.8, 4) is 0 Å². The van der Waals surface area contributed by atoms with E-state index in [0.717, 1.165) is 18.9 Å². The van der Waals surface area contributed by atoms with E-state index < -0.39 is 0 Å². The highest BCUT2D eigenvalue weighted by Crippen LogP contribution is 2.22. The molecule has 0 amide bonds. The molecule has 0 aromatic carbocycles. The first-order valence-corrected chi connectivity index (χ1v) is 7.57. The van der Waals surface area contributed by atoms with Crippen LogP contribution < -0.4 is 5.32 Å². The van der Waals surface area contributed by atoms with Gasteiger partial charge in [-0.3, -0.25) is 0 Å². The molecule has 1 atom stereocenters.